The van der Waals surface area contributed by atoms with Gasteiger partial charge >= 0.3 is 0 Å². The van der Waals surface area contributed by atoms with Gasteiger partial charge in [0.1, 0.15) is 11.0 Å². The summed E-state index contributed by atoms with van der Waals surface area (Å²) in [4.78, 5) is 25.1. The number of hydrogen-bond donors (Lipinski definition) is 1. The summed E-state index contributed by atoms with van der Waals surface area (Å²) in [5.74, 6) is 0.434. The molecular formula is C16H14Cl2N6O. The molecule has 7 nitrogen and oxygen atoms in total. The first-order valence-corrected chi connectivity index (χ1v) is 8.11. The molecule has 9 heteroatoms. The molecule has 0 aromatic carbocycles. The molecule has 3 rings (SSSR count). The van der Waals surface area contributed by atoms with Crippen LogP contribution in [0.1, 0.15) is 27.4 Å². The molecule has 0 unspecified atom stereocenters. The lowest BCUT2D eigenvalue weighted by Gasteiger charge is -2.09. The van der Waals surface area contributed by atoms with Crippen LogP contribution in [0, 0.1) is 20.8 Å². The molecule has 128 valence electrons. The molecule has 0 saturated carbocycles. The van der Waals surface area contributed by atoms with Crippen molar-refractivity contribution in [2.75, 3.05) is 5.32 Å². The molecule has 25 heavy (non-hydrogen) atoms. The minimum absolute atomic E-state index is 0.141. The van der Waals surface area contributed by atoms with E-state index in [9.17, 15) is 4.79 Å². The molecule has 3 aromatic heterocycles. The van der Waals surface area contributed by atoms with Crippen molar-refractivity contribution in [3.63, 3.8) is 0 Å². The van der Waals surface area contributed by atoms with E-state index in [4.69, 9.17) is 23.2 Å². The molecule has 0 bridgehead atoms. The van der Waals surface area contributed by atoms with Gasteiger partial charge < -0.3 is 5.32 Å². The highest BCUT2D eigenvalue weighted by Crippen LogP contribution is 2.21. The summed E-state index contributed by atoms with van der Waals surface area (Å²) in [6.45, 7) is 5.55. The van der Waals surface area contributed by atoms with Crippen LogP contribution in [-0.2, 0) is 0 Å². The summed E-state index contributed by atoms with van der Waals surface area (Å²) in [5.41, 5.74) is 2.61. The molecule has 1 N–H and O–H groups in total. The standard InChI is InChI=1S/C16H14Cl2N6O/c1-8-4-9(2)21-16(20-8)24-13(5-10(3)23-24)22-15(25)11-6-12(17)14(18)19-7-11/h4-7H,1-3H3,(H,22,25). The summed E-state index contributed by atoms with van der Waals surface area (Å²) >= 11 is 11.7. The molecule has 0 fully saturated rings. The second kappa shape index (κ2) is 6.78. The highest BCUT2D eigenvalue weighted by atomic mass is 35.5. The maximum Gasteiger partial charge on any atom is 0.258 e. The van der Waals surface area contributed by atoms with E-state index in [-0.39, 0.29) is 15.7 Å². The zero-order valence-electron chi connectivity index (χ0n) is 13.7. The summed E-state index contributed by atoms with van der Waals surface area (Å²) in [7, 11) is 0. The first kappa shape index (κ1) is 17.3. The highest BCUT2D eigenvalue weighted by Gasteiger charge is 2.16. The van der Waals surface area contributed by atoms with E-state index in [0.717, 1.165) is 11.4 Å². The van der Waals surface area contributed by atoms with Crippen molar-refractivity contribution in [1.29, 1.82) is 0 Å². The topological polar surface area (TPSA) is 85.6 Å². The van der Waals surface area contributed by atoms with Gasteiger partial charge in [0, 0.05) is 23.7 Å². The maximum atomic E-state index is 12.5. The molecule has 0 radical (unpaired) electrons. The Morgan fingerprint density at radius 1 is 1.04 bits per heavy atom. The molecule has 0 spiro atoms. The summed E-state index contributed by atoms with van der Waals surface area (Å²) in [6.07, 6.45) is 1.35. The SMILES string of the molecule is Cc1cc(C)nc(-n2nc(C)cc2NC(=O)c2cnc(Cl)c(Cl)c2)n1. The van der Waals surface area contributed by atoms with E-state index in [1.54, 1.807) is 6.07 Å². The van der Waals surface area contributed by atoms with Crippen molar-refractivity contribution in [2.45, 2.75) is 20.8 Å². The van der Waals surface area contributed by atoms with E-state index < -0.39 is 5.91 Å². The molecule has 0 aliphatic heterocycles. The quantitative estimate of drug-likeness (QED) is 0.706. The van der Waals surface area contributed by atoms with Crippen LogP contribution >= 0.6 is 23.2 Å². The largest absolute Gasteiger partial charge is 0.306 e. The first-order chi connectivity index (χ1) is 11.8. The number of nitrogens with zero attached hydrogens (tertiary/aromatic N) is 5. The molecule has 0 saturated heterocycles. The van der Waals surface area contributed by atoms with Gasteiger partial charge in [0.15, 0.2) is 0 Å². The Balaban J connectivity index is 1.95. The van der Waals surface area contributed by atoms with E-state index in [2.05, 4.69) is 25.4 Å². The van der Waals surface area contributed by atoms with Crippen molar-refractivity contribution < 1.29 is 4.79 Å². The lowest BCUT2D eigenvalue weighted by Crippen LogP contribution is -2.16. The number of halogens is 2. The summed E-state index contributed by atoms with van der Waals surface area (Å²) in [6, 6.07) is 5.04. The van der Waals surface area contributed by atoms with Gasteiger partial charge in [-0.05, 0) is 32.9 Å². The van der Waals surface area contributed by atoms with Crippen LogP contribution in [-0.4, -0.2) is 30.6 Å². The minimum atomic E-state index is -0.392. The van der Waals surface area contributed by atoms with Crippen molar-refractivity contribution >= 4 is 34.9 Å². The van der Waals surface area contributed by atoms with Crippen LogP contribution in [0.3, 0.4) is 0 Å². The van der Waals surface area contributed by atoms with Gasteiger partial charge in [0.25, 0.3) is 11.9 Å². The fourth-order valence-corrected chi connectivity index (χ4v) is 2.55. The maximum absolute atomic E-state index is 12.5. The number of nitrogens with one attached hydrogen (secondary N) is 1. The molecule has 0 aliphatic rings. The van der Waals surface area contributed by atoms with Crippen LogP contribution in [0.5, 0.6) is 0 Å². The van der Waals surface area contributed by atoms with Crippen LogP contribution in [0.4, 0.5) is 5.82 Å². The number of carbonyl (C=O) groups is 1. The van der Waals surface area contributed by atoms with Crippen molar-refractivity contribution in [3.05, 3.63) is 57.2 Å². The monoisotopic (exact) mass is 376 g/mol. The number of anilines is 1. The Morgan fingerprint density at radius 3 is 2.36 bits per heavy atom. The van der Waals surface area contributed by atoms with E-state index >= 15 is 0 Å². The lowest BCUT2D eigenvalue weighted by molar-refractivity contribution is 0.102. The van der Waals surface area contributed by atoms with Crippen molar-refractivity contribution in [1.82, 2.24) is 24.7 Å². The molecular weight excluding hydrogens is 363 g/mol. The predicted molar refractivity (Wildman–Crippen MR) is 95.6 cm³/mol. The Kier molecular flexibility index (Phi) is 4.69. The number of hydrogen-bond acceptors (Lipinski definition) is 5. The summed E-state index contributed by atoms with van der Waals surface area (Å²) < 4.78 is 1.48. The Hall–Kier alpha value is -2.51. The van der Waals surface area contributed by atoms with Crippen LogP contribution in [0.15, 0.2) is 24.4 Å². The second-order valence-corrected chi connectivity index (χ2v) is 6.25. The molecule has 1 amide bonds. The van der Waals surface area contributed by atoms with Crippen LogP contribution < -0.4 is 5.32 Å². The second-order valence-electron chi connectivity index (χ2n) is 5.48. The molecule has 3 aromatic rings. The fourth-order valence-electron chi connectivity index (χ4n) is 2.28. The van der Waals surface area contributed by atoms with Crippen molar-refractivity contribution in [3.8, 4) is 5.95 Å². The number of aromatic nitrogens is 5. The van der Waals surface area contributed by atoms with Gasteiger partial charge in [-0.25, -0.2) is 15.0 Å². The Labute approximate surface area is 154 Å². The van der Waals surface area contributed by atoms with Gasteiger partial charge in [0.2, 0.25) is 0 Å². The number of pyridine rings is 1. The average Bonchev–Trinajstić information content (AvgIpc) is 2.89. The van der Waals surface area contributed by atoms with Gasteiger partial charge in [-0.15, -0.1) is 0 Å². The Morgan fingerprint density at radius 2 is 1.72 bits per heavy atom. The number of carbonyl (C=O) groups excluding carboxylic acids is 1. The zero-order valence-corrected chi connectivity index (χ0v) is 15.2. The zero-order chi connectivity index (χ0) is 18.1. The fraction of sp³-hybridized carbons (Fsp3) is 0.188. The number of rotatable bonds is 3. The third kappa shape index (κ3) is 3.78. The van der Waals surface area contributed by atoms with Crippen LogP contribution in [0.25, 0.3) is 5.95 Å². The lowest BCUT2D eigenvalue weighted by atomic mass is 10.2. The van der Waals surface area contributed by atoms with E-state index in [0.29, 0.717) is 17.5 Å². The predicted octanol–water partition coefficient (Wildman–Crippen LogP) is 3.54. The smallest absolute Gasteiger partial charge is 0.258 e. The van der Waals surface area contributed by atoms with E-state index in [1.807, 2.05) is 26.8 Å². The Bertz CT molecular complexity index is 949. The van der Waals surface area contributed by atoms with Crippen molar-refractivity contribution in [2.24, 2.45) is 0 Å². The number of amides is 1. The normalized spacial score (nSPS) is 10.8. The average molecular weight is 377 g/mol. The van der Waals surface area contributed by atoms with E-state index in [1.165, 1.54) is 16.9 Å². The molecule has 3 heterocycles. The molecule has 0 aliphatic carbocycles. The third-order valence-corrected chi connectivity index (χ3v) is 3.98. The van der Waals surface area contributed by atoms with Gasteiger partial charge in [-0.3, -0.25) is 4.79 Å². The summed E-state index contributed by atoms with van der Waals surface area (Å²) in [5, 5.41) is 7.47. The third-order valence-electron chi connectivity index (χ3n) is 3.29. The van der Waals surface area contributed by atoms with Gasteiger partial charge in [-0.2, -0.15) is 9.78 Å². The van der Waals surface area contributed by atoms with Gasteiger partial charge in [0.05, 0.1) is 16.3 Å². The first-order valence-electron chi connectivity index (χ1n) is 7.35. The minimum Gasteiger partial charge on any atom is -0.306 e. The molecule has 0 atom stereocenters. The van der Waals surface area contributed by atoms with Gasteiger partial charge in [-0.1, -0.05) is 23.2 Å². The number of aryl methyl sites for hydroxylation is 3. The highest BCUT2D eigenvalue weighted by molar-refractivity contribution is 6.41. The van der Waals surface area contributed by atoms with Crippen LogP contribution in [0.2, 0.25) is 10.2 Å².